The third-order valence-electron chi connectivity index (χ3n) is 3.11. The third kappa shape index (κ3) is 4.92. The highest BCUT2D eigenvalue weighted by Gasteiger charge is 2.11. The molecule has 0 saturated carbocycles. The monoisotopic (exact) mass is 330 g/mol. The summed E-state index contributed by atoms with van der Waals surface area (Å²) in [5.41, 5.74) is 1.74. The first-order valence-electron chi connectivity index (χ1n) is 7.75. The highest BCUT2D eigenvalue weighted by atomic mass is 16.5. The van der Waals surface area contributed by atoms with Crippen molar-refractivity contribution in [3.8, 4) is 5.75 Å². The minimum atomic E-state index is -0.265. The van der Waals surface area contributed by atoms with E-state index in [2.05, 4.69) is 20.6 Å². The summed E-state index contributed by atoms with van der Waals surface area (Å²) in [4.78, 5) is 20.7. The number of anilines is 2. The van der Waals surface area contributed by atoms with Gasteiger partial charge in [0, 0.05) is 19.3 Å². The van der Waals surface area contributed by atoms with E-state index >= 15 is 0 Å². The van der Waals surface area contributed by atoms with Gasteiger partial charge in [-0.25, -0.2) is 9.97 Å². The van der Waals surface area contributed by atoms with Crippen LogP contribution in [0.2, 0.25) is 0 Å². The van der Waals surface area contributed by atoms with Crippen molar-refractivity contribution < 1.29 is 14.3 Å². The van der Waals surface area contributed by atoms with Gasteiger partial charge in [-0.15, -0.1) is 0 Å². The molecule has 24 heavy (non-hydrogen) atoms. The molecule has 0 aliphatic rings. The van der Waals surface area contributed by atoms with Crippen LogP contribution in [-0.4, -0.2) is 42.7 Å². The Morgan fingerprint density at radius 1 is 1.25 bits per heavy atom. The number of carbonyl (C=O) groups excluding carboxylic acids is 1. The molecule has 0 aliphatic carbocycles. The Morgan fingerprint density at radius 3 is 2.79 bits per heavy atom. The summed E-state index contributed by atoms with van der Waals surface area (Å²) in [5, 5.41) is 5.85. The van der Waals surface area contributed by atoms with Crippen LogP contribution in [0.4, 0.5) is 11.6 Å². The summed E-state index contributed by atoms with van der Waals surface area (Å²) in [5.74, 6) is 0.786. The number of carbonyl (C=O) groups is 1. The van der Waals surface area contributed by atoms with Gasteiger partial charge in [0.05, 0.1) is 18.9 Å². The van der Waals surface area contributed by atoms with Gasteiger partial charge in [0.2, 0.25) is 5.95 Å². The standard InChI is InChI=1S/C17H22N4O3/c1-4-24-15-8-6-5-7-13(15)20-17-19-12(2)11-14(21-17)16(22)18-9-10-23-3/h5-8,11H,4,9-10H2,1-3H3,(H,18,22)(H,19,20,21). The predicted molar refractivity (Wildman–Crippen MR) is 91.9 cm³/mol. The van der Waals surface area contributed by atoms with Crippen LogP contribution in [0.15, 0.2) is 30.3 Å². The molecule has 1 amide bonds. The SMILES string of the molecule is CCOc1ccccc1Nc1nc(C)cc(C(=O)NCCOC)n1. The van der Waals surface area contributed by atoms with E-state index in [0.29, 0.717) is 42.8 Å². The van der Waals surface area contributed by atoms with Crippen molar-refractivity contribution in [3.63, 3.8) is 0 Å². The minimum Gasteiger partial charge on any atom is -0.492 e. The van der Waals surface area contributed by atoms with Gasteiger partial charge >= 0.3 is 0 Å². The lowest BCUT2D eigenvalue weighted by molar-refractivity contribution is 0.0932. The lowest BCUT2D eigenvalue weighted by atomic mass is 10.3. The van der Waals surface area contributed by atoms with E-state index in [9.17, 15) is 4.79 Å². The van der Waals surface area contributed by atoms with E-state index in [1.54, 1.807) is 13.2 Å². The quantitative estimate of drug-likeness (QED) is 0.723. The maximum absolute atomic E-state index is 12.1. The molecule has 0 aliphatic heterocycles. The van der Waals surface area contributed by atoms with E-state index in [1.165, 1.54) is 0 Å². The van der Waals surface area contributed by atoms with Crippen molar-refractivity contribution in [3.05, 3.63) is 41.7 Å². The van der Waals surface area contributed by atoms with E-state index in [1.807, 2.05) is 38.1 Å². The molecule has 0 saturated heterocycles. The Kier molecular flexibility index (Phi) is 6.51. The van der Waals surface area contributed by atoms with Gasteiger partial charge in [0.15, 0.2) is 0 Å². The second-order valence-corrected chi connectivity index (χ2v) is 5.02. The van der Waals surface area contributed by atoms with Gasteiger partial charge in [0.25, 0.3) is 5.91 Å². The zero-order valence-corrected chi connectivity index (χ0v) is 14.1. The lowest BCUT2D eigenvalue weighted by Crippen LogP contribution is -2.28. The van der Waals surface area contributed by atoms with Crippen LogP contribution < -0.4 is 15.4 Å². The number of amides is 1. The van der Waals surface area contributed by atoms with E-state index < -0.39 is 0 Å². The largest absolute Gasteiger partial charge is 0.492 e. The second-order valence-electron chi connectivity index (χ2n) is 5.02. The smallest absolute Gasteiger partial charge is 0.270 e. The first-order chi connectivity index (χ1) is 11.6. The van der Waals surface area contributed by atoms with Crippen LogP contribution in [0.25, 0.3) is 0 Å². The highest BCUT2D eigenvalue weighted by molar-refractivity contribution is 5.92. The molecule has 0 radical (unpaired) electrons. The molecule has 7 nitrogen and oxygen atoms in total. The number of benzene rings is 1. The number of methoxy groups -OCH3 is 1. The number of aryl methyl sites for hydroxylation is 1. The van der Waals surface area contributed by atoms with Crippen molar-refractivity contribution in [1.82, 2.24) is 15.3 Å². The van der Waals surface area contributed by atoms with E-state index in [0.717, 1.165) is 5.69 Å². The molecule has 1 aromatic carbocycles. The Hall–Kier alpha value is -2.67. The van der Waals surface area contributed by atoms with E-state index in [4.69, 9.17) is 9.47 Å². The Balaban J connectivity index is 2.18. The summed E-state index contributed by atoms with van der Waals surface area (Å²) < 4.78 is 10.5. The second kappa shape index (κ2) is 8.83. The molecule has 0 bridgehead atoms. The zero-order valence-electron chi connectivity index (χ0n) is 14.1. The molecule has 2 rings (SSSR count). The number of nitrogens with one attached hydrogen (secondary N) is 2. The molecular weight excluding hydrogens is 308 g/mol. The van der Waals surface area contributed by atoms with Gasteiger partial charge in [-0.2, -0.15) is 0 Å². The number of hydrogen-bond donors (Lipinski definition) is 2. The molecule has 128 valence electrons. The van der Waals surface area contributed by atoms with Crippen LogP contribution >= 0.6 is 0 Å². The zero-order chi connectivity index (χ0) is 17.4. The van der Waals surface area contributed by atoms with Gasteiger partial charge < -0.3 is 20.1 Å². The van der Waals surface area contributed by atoms with E-state index in [-0.39, 0.29) is 5.91 Å². The van der Waals surface area contributed by atoms with Crippen molar-refractivity contribution >= 4 is 17.5 Å². The van der Waals surface area contributed by atoms with Crippen LogP contribution in [0.1, 0.15) is 23.1 Å². The van der Waals surface area contributed by atoms with Gasteiger partial charge in [-0.3, -0.25) is 4.79 Å². The maximum Gasteiger partial charge on any atom is 0.270 e. The minimum absolute atomic E-state index is 0.265. The molecule has 0 atom stereocenters. The molecule has 1 heterocycles. The summed E-state index contributed by atoms with van der Waals surface area (Å²) in [6, 6.07) is 9.15. The van der Waals surface area contributed by atoms with Crippen LogP contribution in [0.3, 0.4) is 0 Å². The lowest BCUT2D eigenvalue weighted by Gasteiger charge is -2.12. The van der Waals surface area contributed by atoms with Gasteiger partial charge in [-0.1, -0.05) is 12.1 Å². The van der Waals surface area contributed by atoms with Crippen molar-refractivity contribution in [2.24, 2.45) is 0 Å². The summed E-state index contributed by atoms with van der Waals surface area (Å²) in [6.45, 7) is 5.16. The normalized spacial score (nSPS) is 10.3. The molecule has 7 heteroatoms. The Bertz CT molecular complexity index is 691. The highest BCUT2D eigenvalue weighted by Crippen LogP contribution is 2.26. The van der Waals surface area contributed by atoms with Crippen LogP contribution in [0, 0.1) is 6.92 Å². The average Bonchev–Trinajstić information content (AvgIpc) is 2.56. The number of para-hydroxylation sites is 2. The first-order valence-corrected chi connectivity index (χ1v) is 7.75. The van der Waals surface area contributed by atoms with Crippen LogP contribution in [0.5, 0.6) is 5.75 Å². The molecular formula is C17H22N4O3. The first kappa shape index (κ1) is 17.7. The van der Waals surface area contributed by atoms with Crippen molar-refractivity contribution in [2.45, 2.75) is 13.8 Å². The fourth-order valence-corrected chi connectivity index (χ4v) is 2.07. The molecule has 0 spiro atoms. The fraction of sp³-hybridized carbons (Fsp3) is 0.353. The molecule has 0 unspecified atom stereocenters. The third-order valence-corrected chi connectivity index (χ3v) is 3.11. The average molecular weight is 330 g/mol. The number of aromatic nitrogens is 2. The van der Waals surface area contributed by atoms with Gasteiger partial charge in [0.1, 0.15) is 11.4 Å². The van der Waals surface area contributed by atoms with Crippen molar-refractivity contribution in [1.29, 1.82) is 0 Å². The summed E-state index contributed by atoms with van der Waals surface area (Å²) in [7, 11) is 1.58. The summed E-state index contributed by atoms with van der Waals surface area (Å²) >= 11 is 0. The molecule has 2 N–H and O–H groups in total. The Labute approximate surface area is 141 Å². The molecule has 1 aromatic heterocycles. The number of ether oxygens (including phenoxy) is 2. The molecule has 0 fully saturated rings. The number of hydrogen-bond acceptors (Lipinski definition) is 6. The summed E-state index contributed by atoms with van der Waals surface area (Å²) in [6.07, 6.45) is 0. The molecule has 2 aromatic rings. The van der Waals surface area contributed by atoms with Crippen molar-refractivity contribution in [2.75, 3.05) is 32.2 Å². The number of rotatable bonds is 8. The van der Waals surface area contributed by atoms with Crippen LogP contribution in [-0.2, 0) is 4.74 Å². The maximum atomic E-state index is 12.1. The predicted octanol–water partition coefficient (Wildman–Crippen LogP) is 2.30. The fourth-order valence-electron chi connectivity index (χ4n) is 2.07. The Morgan fingerprint density at radius 2 is 2.04 bits per heavy atom. The topological polar surface area (TPSA) is 85.4 Å². The number of nitrogens with zero attached hydrogens (tertiary/aromatic N) is 2. The van der Waals surface area contributed by atoms with Gasteiger partial charge in [-0.05, 0) is 32.0 Å².